The summed E-state index contributed by atoms with van der Waals surface area (Å²) in [6, 6.07) is 40.5. The van der Waals surface area contributed by atoms with Crippen LogP contribution in [0.2, 0.25) is 0 Å². The highest BCUT2D eigenvalue weighted by Crippen LogP contribution is 2.46. The Morgan fingerprint density at radius 3 is 1.79 bits per heavy atom. The van der Waals surface area contributed by atoms with Crippen molar-refractivity contribution >= 4 is 27.5 Å². The van der Waals surface area contributed by atoms with Crippen LogP contribution in [-0.4, -0.2) is 10.8 Å². The van der Waals surface area contributed by atoms with E-state index in [1.165, 1.54) is 66.1 Å². The third-order valence-corrected chi connectivity index (χ3v) is 8.72. The summed E-state index contributed by atoms with van der Waals surface area (Å²) in [6.45, 7) is 6.12. The van der Waals surface area contributed by atoms with Crippen LogP contribution in [0.1, 0.15) is 34.7 Å². The summed E-state index contributed by atoms with van der Waals surface area (Å²) in [5, 5.41) is 4.87. The number of amides is 1. The molecule has 6 aromatic carbocycles. The summed E-state index contributed by atoms with van der Waals surface area (Å²) in [4.78, 5) is 15.2. The Kier molecular flexibility index (Phi) is 6.81. The second-order valence-electron chi connectivity index (χ2n) is 11.2. The first-order valence-corrected chi connectivity index (χ1v) is 14.6. The molecule has 1 aliphatic heterocycles. The summed E-state index contributed by atoms with van der Waals surface area (Å²) < 4.78 is 6.24. The topological polar surface area (TPSA) is 29.5 Å². The fourth-order valence-corrected chi connectivity index (χ4v) is 6.67. The number of carbonyl (C=O) groups is 1. The van der Waals surface area contributed by atoms with E-state index in [4.69, 9.17) is 4.74 Å². The molecule has 1 amide bonds. The monoisotopic (exact) mass is 547 g/mol. The molecule has 0 aliphatic carbocycles. The van der Waals surface area contributed by atoms with Crippen molar-refractivity contribution in [3.63, 3.8) is 0 Å². The second-order valence-corrected chi connectivity index (χ2v) is 11.2. The molecular formula is C39H33NO2. The van der Waals surface area contributed by atoms with Crippen molar-refractivity contribution in [2.45, 2.75) is 40.2 Å². The number of hydrogen-bond acceptors (Lipinski definition) is 2. The Hall–Kier alpha value is -4.73. The molecular weight excluding hydrogens is 514 g/mol. The summed E-state index contributed by atoms with van der Waals surface area (Å²) in [6.07, 6.45) is 0. The molecule has 1 heterocycles. The van der Waals surface area contributed by atoms with Crippen LogP contribution in [0.3, 0.4) is 0 Å². The van der Waals surface area contributed by atoms with Gasteiger partial charge in [-0.05, 0) is 78.5 Å². The normalized spacial score (nSPS) is 12.5. The number of carbonyl (C=O) groups excluding carboxylic acids is 1. The molecule has 0 bridgehead atoms. The summed E-state index contributed by atoms with van der Waals surface area (Å²) in [5.41, 5.74) is 10.9. The van der Waals surface area contributed by atoms with E-state index in [0.29, 0.717) is 26.3 Å². The van der Waals surface area contributed by atoms with Crippen molar-refractivity contribution < 1.29 is 9.53 Å². The van der Waals surface area contributed by atoms with Crippen molar-refractivity contribution in [3.8, 4) is 22.3 Å². The van der Waals surface area contributed by atoms with Crippen LogP contribution < -0.4 is 0 Å². The van der Waals surface area contributed by atoms with Crippen molar-refractivity contribution in [3.05, 3.63) is 143 Å². The van der Waals surface area contributed by atoms with Crippen LogP contribution in [0.5, 0.6) is 0 Å². The number of ether oxygens (including phenoxy) is 1. The first-order chi connectivity index (χ1) is 20.6. The summed E-state index contributed by atoms with van der Waals surface area (Å²) >= 11 is 0. The molecule has 0 saturated carbocycles. The van der Waals surface area contributed by atoms with Crippen LogP contribution in [0, 0.1) is 6.92 Å². The molecule has 3 nitrogen and oxygen atoms in total. The lowest BCUT2D eigenvalue weighted by Crippen LogP contribution is -2.28. The highest BCUT2D eigenvalue weighted by atomic mass is 16.5. The van der Waals surface area contributed by atoms with Crippen LogP contribution in [0.4, 0.5) is 0 Å². The van der Waals surface area contributed by atoms with Crippen LogP contribution in [-0.2, 0) is 35.8 Å². The third-order valence-electron chi connectivity index (χ3n) is 8.72. The van der Waals surface area contributed by atoms with Gasteiger partial charge >= 0.3 is 0 Å². The fourth-order valence-electron chi connectivity index (χ4n) is 6.67. The zero-order chi connectivity index (χ0) is 28.6. The standard InChI is InChI=1S/C39H33NO2/c1-26-35(23-40(27(2)41)22-28-12-4-3-5-13-28)39(34-21-11-17-30-15-7-9-19-32(30)34)37-25-42-24-36(37)38(26)33-20-10-16-29-14-6-8-18-31(29)33/h3-21H,22-25H2,1-2H3. The van der Waals surface area contributed by atoms with E-state index in [2.05, 4.69) is 104 Å². The van der Waals surface area contributed by atoms with Crippen LogP contribution in [0.15, 0.2) is 115 Å². The zero-order valence-electron chi connectivity index (χ0n) is 24.1. The lowest BCUT2D eigenvalue weighted by atomic mass is 9.80. The molecule has 0 saturated heterocycles. The maximum absolute atomic E-state index is 13.2. The number of benzene rings is 6. The van der Waals surface area contributed by atoms with Gasteiger partial charge in [-0.25, -0.2) is 0 Å². The van der Waals surface area contributed by atoms with Gasteiger partial charge in [-0.2, -0.15) is 0 Å². The minimum absolute atomic E-state index is 0.0607. The Morgan fingerprint density at radius 1 is 0.643 bits per heavy atom. The minimum atomic E-state index is 0.0607. The lowest BCUT2D eigenvalue weighted by molar-refractivity contribution is -0.130. The second kappa shape index (κ2) is 10.9. The Bertz CT molecular complexity index is 1950. The number of nitrogens with zero attached hydrogens (tertiary/aromatic N) is 1. The van der Waals surface area contributed by atoms with E-state index < -0.39 is 0 Å². The highest BCUT2D eigenvalue weighted by molar-refractivity contribution is 6.02. The molecule has 3 heteroatoms. The molecule has 42 heavy (non-hydrogen) atoms. The first-order valence-electron chi connectivity index (χ1n) is 14.6. The van der Waals surface area contributed by atoms with Gasteiger partial charge in [0.1, 0.15) is 0 Å². The highest BCUT2D eigenvalue weighted by Gasteiger charge is 2.29. The smallest absolute Gasteiger partial charge is 0.220 e. The molecule has 7 rings (SSSR count). The SMILES string of the molecule is CC(=O)N(Cc1ccccc1)Cc1c(C)c(-c2cccc3ccccc23)c2c(c1-c1cccc3ccccc13)COC2. The summed E-state index contributed by atoms with van der Waals surface area (Å²) in [7, 11) is 0. The molecule has 0 fully saturated rings. The average Bonchev–Trinajstić information content (AvgIpc) is 3.50. The predicted octanol–water partition coefficient (Wildman–Crippen LogP) is 9.21. The molecule has 0 aromatic heterocycles. The number of hydrogen-bond donors (Lipinski definition) is 0. The molecule has 206 valence electrons. The van der Waals surface area contributed by atoms with E-state index >= 15 is 0 Å². The van der Waals surface area contributed by atoms with Gasteiger partial charge in [-0.15, -0.1) is 0 Å². The molecule has 0 radical (unpaired) electrons. The molecule has 0 atom stereocenters. The van der Waals surface area contributed by atoms with E-state index in [0.717, 1.165) is 5.56 Å². The van der Waals surface area contributed by atoms with E-state index in [1.807, 2.05) is 23.1 Å². The van der Waals surface area contributed by atoms with Gasteiger partial charge in [0, 0.05) is 20.0 Å². The van der Waals surface area contributed by atoms with E-state index in [-0.39, 0.29) is 5.91 Å². The van der Waals surface area contributed by atoms with Gasteiger partial charge in [0.2, 0.25) is 5.91 Å². The van der Waals surface area contributed by atoms with Gasteiger partial charge in [-0.3, -0.25) is 4.79 Å². The number of rotatable bonds is 6. The molecule has 0 spiro atoms. The maximum atomic E-state index is 13.2. The fraction of sp³-hybridized carbons (Fsp3) is 0.154. The van der Waals surface area contributed by atoms with Crippen LogP contribution >= 0.6 is 0 Å². The first kappa shape index (κ1) is 26.2. The van der Waals surface area contributed by atoms with Gasteiger partial charge in [0.25, 0.3) is 0 Å². The maximum Gasteiger partial charge on any atom is 0.220 e. The minimum Gasteiger partial charge on any atom is -0.372 e. The predicted molar refractivity (Wildman–Crippen MR) is 172 cm³/mol. The molecule has 6 aromatic rings. The average molecular weight is 548 g/mol. The Morgan fingerprint density at radius 2 is 1.17 bits per heavy atom. The largest absolute Gasteiger partial charge is 0.372 e. The van der Waals surface area contributed by atoms with Crippen molar-refractivity contribution in [2.75, 3.05) is 0 Å². The van der Waals surface area contributed by atoms with Gasteiger partial charge < -0.3 is 9.64 Å². The van der Waals surface area contributed by atoms with Crippen molar-refractivity contribution in [1.82, 2.24) is 4.90 Å². The number of fused-ring (bicyclic) bond motifs is 3. The molecule has 1 aliphatic rings. The van der Waals surface area contributed by atoms with Crippen LogP contribution in [0.25, 0.3) is 43.8 Å². The zero-order valence-corrected chi connectivity index (χ0v) is 24.1. The van der Waals surface area contributed by atoms with E-state index in [9.17, 15) is 4.79 Å². The van der Waals surface area contributed by atoms with Gasteiger partial charge in [0.15, 0.2) is 0 Å². The summed E-state index contributed by atoms with van der Waals surface area (Å²) in [5.74, 6) is 0.0607. The third kappa shape index (κ3) is 4.56. The van der Waals surface area contributed by atoms with Crippen molar-refractivity contribution in [1.29, 1.82) is 0 Å². The van der Waals surface area contributed by atoms with Gasteiger partial charge in [-0.1, -0.05) is 115 Å². The Balaban J connectivity index is 1.52. The van der Waals surface area contributed by atoms with E-state index in [1.54, 1.807) is 6.92 Å². The quantitative estimate of drug-likeness (QED) is 0.208. The molecule has 0 unspecified atom stereocenters. The Labute approximate surface area is 247 Å². The van der Waals surface area contributed by atoms with Gasteiger partial charge in [0.05, 0.1) is 13.2 Å². The van der Waals surface area contributed by atoms with Crippen molar-refractivity contribution in [2.24, 2.45) is 0 Å². The molecule has 0 N–H and O–H groups in total. The lowest BCUT2D eigenvalue weighted by Gasteiger charge is -2.28.